The molecule has 1 amide bonds. The fourth-order valence-corrected chi connectivity index (χ4v) is 2.66. The van der Waals surface area contributed by atoms with Crippen LogP contribution in [-0.2, 0) is 6.61 Å². The highest BCUT2D eigenvalue weighted by atomic mass is 32.1. The Balaban J connectivity index is 1.93. The zero-order valence-electron chi connectivity index (χ0n) is 13.5. The molecule has 0 aliphatic carbocycles. The van der Waals surface area contributed by atoms with E-state index >= 15 is 0 Å². The Hall–Kier alpha value is -1.88. The summed E-state index contributed by atoms with van der Waals surface area (Å²) in [5.41, 5.74) is 2.78. The number of rotatable bonds is 6. The Labute approximate surface area is 135 Å². The van der Waals surface area contributed by atoms with Crippen molar-refractivity contribution in [3.05, 3.63) is 45.4 Å². The van der Waals surface area contributed by atoms with E-state index in [1.165, 1.54) is 16.9 Å². The van der Waals surface area contributed by atoms with Crippen molar-refractivity contribution in [1.82, 2.24) is 10.3 Å². The lowest BCUT2D eigenvalue weighted by Crippen LogP contribution is -2.27. The van der Waals surface area contributed by atoms with Gasteiger partial charge in [0.15, 0.2) is 0 Å². The largest absolute Gasteiger partial charge is 0.486 e. The molecule has 0 aliphatic rings. The number of carbonyl (C=O) groups is 1. The van der Waals surface area contributed by atoms with Gasteiger partial charge in [0, 0.05) is 11.9 Å². The number of aryl methyl sites for hydroxylation is 2. The second-order valence-corrected chi connectivity index (χ2v) is 6.73. The van der Waals surface area contributed by atoms with Crippen LogP contribution in [0.15, 0.2) is 23.6 Å². The molecule has 1 N–H and O–H groups in total. The first-order chi connectivity index (χ1) is 10.5. The van der Waals surface area contributed by atoms with E-state index in [2.05, 4.69) is 37.1 Å². The van der Waals surface area contributed by atoms with Gasteiger partial charge in [0.25, 0.3) is 5.91 Å². The fourth-order valence-electron chi connectivity index (χ4n) is 1.97. The third-order valence-electron chi connectivity index (χ3n) is 3.14. The monoisotopic (exact) mass is 318 g/mol. The molecule has 22 heavy (non-hydrogen) atoms. The van der Waals surface area contributed by atoms with Crippen LogP contribution in [0.4, 0.5) is 0 Å². The van der Waals surface area contributed by atoms with E-state index in [1.807, 2.05) is 19.1 Å². The van der Waals surface area contributed by atoms with Gasteiger partial charge < -0.3 is 10.1 Å². The van der Waals surface area contributed by atoms with Crippen molar-refractivity contribution in [2.24, 2.45) is 5.92 Å². The number of ether oxygens (including phenoxy) is 1. The van der Waals surface area contributed by atoms with Crippen molar-refractivity contribution < 1.29 is 9.53 Å². The predicted octanol–water partition coefficient (Wildman–Crippen LogP) is 3.72. The van der Waals surface area contributed by atoms with Crippen LogP contribution < -0.4 is 10.1 Å². The molecule has 118 valence electrons. The van der Waals surface area contributed by atoms with E-state index in [-0.39, 0.29) is 5.91 Å². The molecule has 2 rings (SSSR count). The molecule has 5 heteroatoms. The summed E-state index contributed by atoms with van der Waals surface area (Å²) in [7, 11) is 0. The molecule has 0 saturated carbocycles. The molecule has 0 saturated heterocycles. The lowest BCUT2D eigenvalue weighted by atomic mass is 10.1. The summed E-state index contributed by atoms with van der Waals surface area (Å²) in [6.45, 7) is 9.24. The molecule has 1 aromatic heterocycles. The maximum absolute atomic E-state index is 11.9. The van der Waals surface area contributed by atoms with E-state index < -0.39 is 0 Å². The van der Waals surface area contributed by atoms with Crippen molar-refractivity contribution in [2.75, 3.05) is 6.54 Å². The second-order valence-electron chi connectivity index (χ2n) is 5.79. The number of thiazole rings is 1. The minimum atomic E-state index is -0.122. The maximum atomic E-state index is 11.9. The van der Waals surface area contributed by atoms with E-state index in [1.54, 1.807) is 5.38 Å². The number of hydrogen-bond acceptors (Lipinski definition) is 4. The molecule has 0 unspecified atom stereocenters. The molecule has 1 heterocycles. The van der Waals surface area contributed by atoms with Crippen LogP contribution in [0.2, 0.25) is 0 Å². The molecule has 4 nitrogen and oxygen atoms in total. The van der Waals surface area contributed by atoms with Gasteiger partial charge in [-0.1, -0.05) is 31.5 Å². The Morgan fingerprint density at radius 3 is 2.82 bits per heavy atom. The third-order valence-corrected chi connectivity index (χ3v) is 3.96. The van der Waals surface area contributed by atoms with Crippen molar-refractivity contribution >= 4 is 17.2 Å². The van der Waals surface area contributed by atoms with E-state index in [4.69, 9.17) is 4.74 Å². The Bertz CT molecular complexity index is 650. The van der Waals surface area contributed by atoms with Crippen molar-refractivity contribution in [1.29, 1.82) is 0 Å². The number of aromatic nitrogens is 1. The van der Waals surface area contributed by atoms with Gasteiger partial charge in [0.05, 0.1) is 0 Å². The van der Waals surface area contributed by atoms with E-state index in [0.29, 0.717) is 24.8 Å². The topological polar surface area (TPSA) is 51.2 Å². The van der Waals surface area contributed by atoms with Crippen LogP contribution >= 0.6 is 11.3 Å². The Morgan fingerprint density at radius 2 is 2.14 bits per heavy atom. The number of nitrogens with zero attached hydrogens (tertiary/aromatic N) is 1. The van der Waals surface area contributed by atoms with Crippen molar-refractivity contribution in [3.8, 4) is 5.75 Å². The van der Waals surface area contributed by atoms with Crippen molar-refractivity contribution in [3.63, 3.8) is 0 Å². The highest BCUT2D eigenvalue weighted by Crippen LogP contribution is 2.21. The van der Waals surface area contributed by atoms with E-state index in [0.717, 1.165) is 16.3 Å². The normalized spacial score (nSPS) is 10.8. The van der Waals surface area contributed by atoms with Crippen LogP contribution in [0.5, 0.6) is 5.75 Å². The Morgan fingerprint density at radius 1 is 1.36 bits per heavy atom. The first-order valence-corrected chi connectivity index (χ1v) is 8.26. The number of hydrogen-bond donors (Lipinski definition) is 1. The number of nitrogens with one attached hydrogen (secondary N) is 1. The fraction of sp³-hybridized carbons (Fsp3) is 0.412. The number of carbonyl (C=O) groups excluding carboxylic acids is 1. The first kappa shape index (κ1) is 16.5. The molecule has 0 fully saturated rings. The summed E-state index contributed by atoms with van der Waals surface area (Å²) >= 11 is 1.44. The summed E-state index contributed by atoms with van der Waals surface area (Å²) < 4.78 is 5.79. The summed E-state index contributed by atoms with van der Waals surface area (Å²) in [6.07, 6.45) is 0. The molecule has 0 aliphatic heterocycles. The minimum absolute atomic E-state index is 0.122. The van der Waals surface area contributed by atoms with Gasteiger partial charge in [0.2, 0.25) is 0 Å². The summed E-state index contributed by atoms with van der Waals surface area (Å²) in [5, 5.41) is 5.44. The van der Waals surface area contributed by atoms with Crippen molar-refractivity contribution in [2.45, 2.75) is 34.3 Å². The average molecular weight is 318 g/mol. The van der Waals surface area contributed by atoms with Crippen LogP contribution in [0.3, 0.4) is 0 Å². The van der Waals surface area contributed by atoms with Gasteiger partial charge in [-0.15, -0.1) is 11.3 Å². The zero-order valence-corrected chi connectivity index (χ0v) is 14.3. The highest BCUT2D eigenvalue weighted by Gasteiger charge is 2.11. The van der Waals surface area contributed by atoms with Gasteiger partial charge in [0.1, 0.15) is 23.1 Å². The average Bonchev–Trinajstić information content (AvgIpc) is 2.92. The molecular weight excluding hydrogens is 296 g/mol. The zero-order chi connectivity index (χ0) is 16.1. The molecule has 0 atom stereocenters. The first-order valence-electron chi connectivity index (χ1n) is 7.38. The van der Waals surface area contributed by atoms with Gasteiger partial charge in [-0.25, -0.2) is 4.98 Å². The lowest BCUT2D eigenvalue weighted by molar-refractivity contribution is 0.0944. The summed E-state index contributed by atoms with van der Waals surface area (Å²) in [4.78, 5) is 16.3. The van der Waals surface area contributed by atoms with Crippen LogP contribution in [0.1, 0.15) is 40.5 Å². The molecule has 1 aromatic carbocycles. The van der Waals surface area contributed by atoms with Crippen LogP contribution in [-0.4, -0.2) is 17.4 Å². The maximum Gasteiger partial charge on any atom is 0.270 e. The van der Waals surface area contributed by atoms with Gasteiger partial charge in [-0.3, -0.25) is 4.79 Å². The van der Waals surface area contributed by atoms with Gasteiger partial charge >= 0.3 is 0 Å². The highest BCUT2D eigenvalue weighted by molar-refractivity contribution is 7.09. The van der Waals surface area contributed by atoms with Crippen LogP contribution in [0.25, 0.3) is 0 Å². The Kier molecular flexibility index (Phi) is 5.55. The lowest BCUT2D eigenvalue weighted by Gasteiger charge is -2.08. The number of amides is 1. The molecule has 0 radical (unpaired) electrons. The molecule has 0 spiro atoms. The van der Waals surface area contributed by atoms with Gasteiger partial charge in [-0.05, 0) is 31.4 Å². The molecular formula is C17H22N2O2S. The SMILES string of the molecule is Cc1ccc(OCc2nc(C(=O)NCC(C)C)cs2)c(C)c1. The quantitative estimate of drug-likeness (QED) is 0.883. The van der Waals surface area contributed by atoms with Gasteiger partial charge in [-0.2, -0.15) is 0 Å². The van der Waals surface area contributed by atoms with E-state index in [9.17, 15) is 4.79 Å². The smallest absolute Gasteiger partial charge is 0.270 e. The molecule has 2 aromatic rings. The summed E-state index contributed by atoms with van der Waals surface area (Å²) in [6, 6.07) is 6.07. The molecule has 0 bridgehead atoms. The second kappa shape index (κ2) is 7.40. The predicted molar refractivity (Wildman–Crippen MR) is 89.5 cm³/mol. The standard InChI is InChI=1S/C17H22N2O2S/c1-11(2)8-18-17(20)14-10-22-16(19-14)9-21-15-6-5-12(3)7-13(15)4/h5-7,10-11H,8-9H2,1-4H3,(H,18,20). The van der Waals surface area contributed by atoms with Crippen LogP contribution in [0, 0.1) is 19.8 Å². The minimum Gasteiger partial charge on any atom is -0.486 e. The third kappa shape index (κ3) is 4.56. The summed E-state index contributed by atoms with van der Waals surface area (Å²) in [5.74, 6) is 1.16. The number of benzene rings is 1.